The Morgan fingerprint density at radius 1 is 1.35 bits per heavy atom. The highest BCUT2D eigenvalue weighted by Gasteiger charge is 2.39. The van der Waals surface area contributed by atoms with Crippen molar-refractivity contribution in [2.24, 2.45) is 0 Å². The molecule has 1 saturated carbocycles. The van der Waals surface area contributed by atoms with Crippen LogP contribution in [-0.4, -0.2) is 21.5 Å². The average Bonchev–Trinajstić information content (AvgIpc) is 2.45. The molecule has 5 heteroatoms. The van der Waals surface area contributed by atoms with E-state index in [9.17, 15) is 9.00 Å². The highest BCUT2D eigenvalue weighted by molar-refractivity contribution is 7.81. The van der Waals surface area contributed by atoms with Crippen LogP contribution in [0.25, 0.3) is 0 Å². The summed E-state index contributed by atoms with van der Waals surface area (Å²) in [5, 5.41) is -0.177. The highest BCUT2D eigenvalue weighted by Crippen LogP contribution is 2.30. The largest absolute Gasteiger partial charge is 0.455 e. The smallest absolute Gasteiger partial charge is 0.375 e. The Morgan fingerprint density at radius 3 is 2.88 bits per heavy atom. The lowest BCUT2D eigenvalue weighted by Crippen LogP contribution is -2.34. The van der Waals surface area contributed by atoms with Gasteiger partial charge >= 0.3 is 5.97 Å². The van der Waals surface area contributed by atoms with Crippen molar-refractivity contribution in [3.8, 4) is 0 Å². The first-order valence-electron chi connectivity index (χ1n) is 5.85. The van der Waals surface area contributed by atoms with Gasteiger partial charge < -0.3 is 8.92 Å². The fourth-order valence-electron chi connectivity index (χ4n) is 2.08. The van der Waals surface area contributed by atoms with Crippen LogP contribution in [-0.2, 0) is 24.8 Å². The summed E-state index contributed by atoms with van der Waals surface area (Å²) in [5.74, 6) is -0.471. The van der Waals surface area contributed by atoms with Crippen molar-refractivity contribution < 1.29 is 17.9 Å². The molecular weight excluding hydrogens is 240 g/mol. The molecule has 0 N–H and O–H groups in total. The molecule has 2 aliphatic rings. The van der Waals surface area contributed by atoms with Crippen LogP contribution in [0.15, 0.2) is 24.0 Å². The molecule has 0 spiro atoms. The average molecular weight is 256 g/mol. The van der Waals surface area contributed by atoms with E-state index in [1.807, 2.05) is 6.92 Å². The molecule has 1 aliphatic heterocycles. The van der Waals surface area contributed by atoms with Crippen molar-refractivity contribution in [3.63, 3.8) is 0 Å². The van der Waals surface area contributed by atoms with E-state index in [0.717, 1.165) is 25.7 Å². The minimum absolute atomic E-state index is 0.0378. The van der Waals surface area contributed by atoms with E-state index in [-0.39, 0.29) is 17.1 Å². The Balaban J connectivity index is 2.21. The normalized spacial score (nSPS) is 36.2. The van der Waals surface area contributed by atoms with E-state index in [1.54, 1.807) is 12.2 Å². The van der Waals surface area contributed by atoms with Crippen molar-refractivity contribution in [2.45, 2.75) is 44.0 Å². The lowest BCUT2D eigenvalue weighted by atomic mass is 9.97. The van der Waals surface area contributed by atoms with Crippen molar-refractivity contribution in [3.05, 3.63) is 24.0 Å². The summed E-state index contributed by atoms with van der Waals surface area (Å²) in [6.45, 7) is 1.83. The van der Waals surface area contributed by atoms with Gasteiger partial charge in [-0.25, -0.2) is 9.00 Å². The number of carbonyl (C=O) groups is 1. The standard InChI is InChI=1S/C12H16O4S/c1-2-3-6-10-12(13)15-9-7-4-5-8-11(9)17(14)16-10/h2-3,6,9,11H,4-5,7-8H2,1H3/b3-2+,10-6-. The molecule has 1 saturated heterocycles. The molecule has 2 fully saturated rings. The van der Waals surface area contributed by atoms with Crippen LogP contribution in [0.5, 0.6) is 0 Å². The molecule has 0 aromatic heterocycles. The SMILES string of the molecule is C/C=C/C=C1\OS(=O)C2CCCCC2OC1=O. The molecule has 17 heavy (non-hydrogen) atoms. The van der Waals surface area contributed by atoms with Crippen LogP contribution in [0, 0.1) is 0 Å². The van der Waals surface area contributed by atoms with Crippen LogP contribution in [0.1, 0.15) is 32.6 Å². The molecule has 0 amide bonds. The topological polar surface area (TPSA) is 52.6 Å². The minimum atomic E-state index is -1.48. The molecular formula is C12H16O4S. The molecule has 94 valence electrons. The molecule has 0 aromatic rings. The van der Waals surface area contributed by atoms with Gasteiger partial charge in [0.1, 0.15) is 11.4 Å². The minimum Gasteiger partial charge on any atom is -0.455 e. The zero-order chi connectivity index (χ0) is 12.3. The molecule has 2 rings (SSSR count). The van der Waals surface area contributed by atoms with Crippen LogP contribution >= 0.6 is 0 Å². The van der Waals surface area contributed by atoms with Gasteiger partial charge in [0.25, 0.3) is 0 Å². The fourth-order valence-corrected chi connectivity index (χ4v) is 3.30. The molecule has 3 atom stereocenters. The van der Waals surface area contributed by atoms with Crippen molar-refractivity contribution in [1.29, 1.82) is 0 Å². The lowest BCUT2D eigenvalue weighted by Gasteiger charge is -2.26. The van der Waals surface area contributed by atoms with Gasteiger partial charge in [0.2, 0.25) is 16.8 Å². The molecule has 0 aromatic carbocycles. The zero-order valence-corrected chi connectivity index (χ0v) is 10.6. The summed E-state index contributed by atoms with van der Waals surface area (Å²) < 4.78 is 22.5. The van der Waals surface area contributed by atoms with E-state index in [1.165, 1.54) is 6.08 Å². The molecule has 0 bridgehead atoms. The number of esters is 1. The van der Waals surface area contributed by atoms with Crippen LogP contribution in [0.2, 0.25) is 0 Å². The summed E-state index contributed by atoms with van der Waals surface area (Å²) in [6, 6.07) is 0. The summed E-state index contributed by atoms with van der Waals surface area (Å²) in [6.07, 6.45) is 8.28. The van der Waals surface area contributed by atoms with Crippen LogP contribution < -0.4 is 0 Å². The summed E-state index contributed by atoms with van der Waals surface area (Å²) in [5.41, 5.74) is 0. The number of ether oxygens (including phenoxy) is 1. The molecule has 1 heterocycles. The number of hydrogen-bond donors (Lipinski definition) is 0. The first-order chi connectivity index (χ1) is 8.22. The van der Waals surface area contributed by atoms with Gasteiger partial charge in [-0.05, 0) is 32.3 Å². The number of fused-ring (bicyclic) bond motifs is 1. The van der Waals surface area contributed by atoms with Gasteiger partial charge in [0, 0.05) is 0 Å². The van der Waals surface area contributed by atoms with Gasteiger partial charge in [-0.15, -0.1) is 0 Å². The van der Waals surface area contributed by atoms with E-state index < -0.39 is 17.0 Å². The molecule has 1 aliphatic carbocycles. The Hall–Kier alpha value is -1.10. The first-order valence-corrected chi connectivity index (χ1v) is 6.99. The van der Waals surface area contributed by atoms with Gasteiger partial charge in [0.05, 0.1) is 0 Å². The van der Waals surface area contributed by atoms with Crippen LogP contribution in [0.3, 0.4) is 0 Å². The predicted molar refractivity (Wildman–Crippen MR) is 64.3 cm³/mol. The third kappa shape index (κ3) is 2.77. The lowest BCUT2D eigenvalue weighted by molar-refractivity contribution is -0.146. The van der Waals surface area contributed by atoms with Crippen molar-refractivity contribution in [2.75, 3.05) is 0 Å². The first kappa shape index (κ1) is 12.4. The third-order valence-electron chi connectivity index (χ3n) is 2.96. The zero-order valence-electron chi connectivity index (χ0n) is 9.76. The van der Waals surface area contributed by atoms with Crippen molar-refractivity contribution >= 4 is 17.0 Å². The Bertz CT molecular complexity index is 386. The van der Waals surface area contributed by atoms with E-state index in [2.05, 4.69) is 0 Å². The van der Waals surface area contributed by atoms with Crippen molar-refractivity contribution in [1.82, 2.24) is 0 Å². The number of rotatable bonds is 1. The van der Waals surface area contributed by atoms with Gasteiger partial charge in [0.15, 0.2) is 0 Å². The van der Waals surface area contributed by atoms with E-state index in [4.69, 9.17) is 8.92 Å². The fraction of sp³-hybridized carbons (Fsp3) is 0.583. The third-order valence-corrected chi connectivity index (χ3v) is 4.34. The molecule has 3 unspecified atom stereocenters. The number of carbonyl (C=O) groups excluding carboxylic acids is 1. The Morgan fingerprint density at radius 2 is 2.12 bits per heavy atom. The second-order valence-electron chi connectivity index (χ2n) is 4.17. The summed E-state index contributed by atoms with van der Waals surface area (Å²) in [4.78, 5) is 11.7. The van der Waals surface area contributed by atoms with Gasteiger partial charge in [-0.1, -0.05) is 18.6 Å². The quantitative estimate of drug-likeness (QED) is 0.532. The molecule has 0 radical (unpaired) electrons. The Labute approximate surface area is 103 Å². The number of allylic oxidation sites excluding steroid dienone is 3. The second-order valence-corrected chi connectivity index (χ2v) is 5.46. The molecule has 4 nitrogen and oxygen atoms in total. The van der Waals surface area contributed by atoms with Crippen LogP contribution in [0.4, 0.5) is 0 Å². The predicted octanol–water partition coefficient (Wildman–Crippen LogP) is 1.99. The number of hydrogen-bond acceptors (Lipinski definition) is 4. The summed E-state index contributed by atoms with van der Waals surface area (Å²) >= 11 is -1.48. The maximum atomic E-state index is 12.0. The monoisotopic (exact) mass is 256 g/mol. The highest BCUT2D eigenvalue weighted by atomic mass is 32.2. The van der Waals surface area contributed by atoms with Gasteiger partial charge in [-0.2, -0.15) is 0 Å². The maximum absolute atomic E-state index is 12.0. The second kappa shape index (κ2) is 5.49. The van der Waals surface area contributed by atoms with E-state index >= 15 is 0 Å². The Kier molecular flexibility index (Phi) is 3.99. The summed E-state index contributed by atoms with van der Waals surface area (Å²) in [7, 11) is 0. The van der Waals surface area contributed by atoms with E-state index in [0.29, 0.717) is 0 Å². The van der Waals surface area contributed by atoms with Gasteiger partial charge in [-0.3, -0.25) is 0 Å². The maximum Gasteiger partial charge on any atom is 0.375 e.